The summed E-state index contributed by atoms with van der Waals surface area (Å²) in [5.74, 6) is 0.868. The summed E-state index contributed by atoms with van der Waals surface area (Å²) in [7, 11) is 0. The Labute approximate surface area is 116 Å². The van der Waals surface area contributed by atoms with Crippen LogP contribution in [0.5, 0.6) is 0 Å². The van der Waals surface area contributed by atoms with Gasteiger partial charge in [-0.25, -0.2) is 9.67 Å². The lowest BCUT2D eigenvalue weighted by atomic mass is 10.2. The Morgan fingerprint density at radius 2 is 2.17 bits per heavy atom. The Morgan fingerprint density at radius 3 is 2.78 bits per heavy atom. The molecule has 0 aliphatic heterocycles. The van der Waals surface area contributed by atoms with Crippen molar-refractivity contribution in [2.24, 2.45) is 0 Å². The molecule has 0 aliphatic rings. The van der Waals surface area contributed by atoms with Gasteiger partial charge in [-0.05, 0) is 46.6 Å². The maximum atomic E-state index is 4.60. The van der Waals surface area contributed by atoms with E-state index in [1.54, 1.807) is 10.9 Å². The molecule has 0 fully saturated rings. The van der Waals surface area contributed by atoms with Crippen LogP contribution in [0.2, 0.25) is 0 Å². The van der Waals surface area contributed by atoms with E-state index in [9.17, 15) is 0 Å². The molecular weight excluding hydrogens is 292 g/mol. The molecule has 0 saturated carbocycles. The van der Waals surface area contributed by atoms with Gasteiger partial charge < -0.3 is 5.32 Å². The summed E-state index contributed by atoms with van der Waals surface area (Å²) in [6.07, 6.45) is 4.61. The second-order valence-electron chi connectivity index (χ2n) is 4.06. The van der Waals surface area contributed by atoms with Gasteiger partial charge in [0.2, 0.25) is 0 Å². The van der Waals surface area contributed by atoms with Gasteiger partial charge in [0.15, 0.2) is 5.82 Å². The molecule has 0 aromatic carbocycles. The van der Waals surface area contributed by atoms with E-state index in [1.807, 2.05) is 6.20 Å². The molecule has 0 aliphatic carbocycles. The summed E-state index contributed by atoms with van der Waals surface area (Å²) >= 11 is 3.40. The molecule has 96 valence electrons. The van der Waals surface area contributed by atoms with Crippen LogP contribution >= 0.6 is 15.9 Å². The van der Waals surface area contributed by atoms with Gasteiger partial charge in [0, 0.05) is 18.4 Å². The molecule has 0 unspecified atom stereocenters. The number of halogens is 1. The molecule has 0 bridgehead atoms. The Balaban J connectivity index is 2.34. The van der Waals surface area contributed by atoms with Gasteiger partial charge in [0.25, 0.3) is 0 Å². The quantitative estimate of drug-likeness (QED) is 0.923. The highest BCUT2D eigenvalue weighted by Crippen LogP contribution is 2.14. The molecule has 2 rings (SSSR count). The fourth-order valence-corrected chi connectivity index (χ4v) is 2.01. The molecular formula is C13H17BrN4. The van der Waals surface area contributed by atoms with E-state index in [2.05, 4.69) is 57.3 Å². The second kappa shape index (κ2) is 6.11. The van der Waals surface area contributed by atoms with E-state index >= 15 is 0 Å². The van der Waals surface area contributed by atoms with Crippen LogP contribution in [0.25, 0.3) is 5.82 Å². The normalized spacial score (nSPS) is 10.8. The lowest BCUT2D eigenvalue weighted by Gasteiger charge is -2.08. The van der Waals surface area contributed by atoms with Crippen LogP contribution in [0.15, 0.2) is 29.0 Å². The third-order valence-corrected chi connectivity index (χ3v) is 3.06. The summed E-state index contributed by atoms with van der Waals surface area (Å²) in [6, 6.07) is 4.21. The fourth-order valence-electron chi connectivity index (χ4n) is 1.73. The summed E-state index contributed by atoms with van der Waals surface area (Å²) in [5.41, 5.74) is 2.33. The predicted octanol–water partition coefficient (Wildman–Crippen LogP) is 2.70. The first-order valence-corrected chi connectivity index (χ1v) is 6.93. The van der Waals surface area contributed by atoms with Crippen LogP contribution < -0.4 is 5.32 Å². The molecule has 4 nitrogen and oxygen atoms in total. The Hall–Kier alpha value is -1.20. The van der Waals surface area contributed by atoms with Gasteiger partial charge in [-0.3, -0.25) is 0 Å². The first kappa shape index (κ1) is 13.2. The van der Waals surface area contributed by atoms with Crippen molar-refractivity contribution in [3.8, 4) is 5.82 Å². The highest BCUT2D eigenvalue weighted by molar-refractivity contribution is 9.10. The average Bonchev–Trinajstić information content (AvgIpc) is 2.82. The largest absolute Gasteiger partial charge is 0.313 e. The van der Waals surface area contributed by atoms with Crippen LogP contribution in [0.4, 0.5) is 0 Å². The fraction of sp³-hybridized carbons (Fsp3) is 0.385. The van der Waals surface area contributed by atoms with Crippen molar-refractivity contribution >= 4 is 15.9 Å². The third-order valence-electron chi connectivity index (χ3n) is 2.65. The molecule has 0 radical (unpaired) electrons. The van der Waals surface area contributed by atoms with E-state index in [1.165, 1.54) is 5.56 Å². The topological polar surface area (TPSA) is 42.7 Å². The summed E-state index contributed by atoms with van der Waals surface area (Å²) in [5, 5.41) is 7.60. The SMILES string of the molecule is CCNCc1cc(CC)nc(-n2cc(Br)cn2)c1. The van der Waals surface area contributed by atoms with Crippen molar-refractivity contribution < 1.29 is 0 Å². The van der Waals surface area contributed by atoms with Crippen LogP contribution in [0, 0.1) is 0 Å². The van der Waals surface area contributed by atoms with Crippen molar-refractivity contribution in [1.29, 1.82) is 0 Å². The maximum Gasteiger partial charge on any atom is 0.153 e. The van der Waals surface area contributed by atoms with Gasteiger partial charge in [-0.1, -0.05) is 13.8 Å². The van der Waals surface area contributed by atoms with Gasteiger partial charge in [0.05, 0.1) is 10.7 Å². The minimum absolute atomic E-state index is 0.863. The average molecular weight is 309 g/mol. The zero-order valence-corrected chi connectivity index (χ0v) is 12.2. The zero-order valence-electron chi connectivity index (χ0n) is 10.7. The van der Waals surface area contributed by atoms with E-state index < -0.39 is 0 Å². The van der Waals surface area contributed by atoms with Crippen LogP contribution in [-0.2, 0) is 13.0 Å². The first-order valence-electron chi connectivity index (χ1n) is 6.14. The minimum Gasteiger partial charge on any atom is -0.313 e. The Morgan fingerprint density at radius 1 is 1.33 bits per heavy atom. The van der Waals surface area contributed by atoms with Crippen molar-refractivity contribution in [2.75, 3.05) is 6.54 Å². The number of nitrogens with zero attached hydrogens (tertiary/aromatic N) is 3. The molecule has 18 heavy (non-hydrogen) atoms. The van der Waals surface area contributed by atoms with Gasteiger partial charge in [-0.2, -0.15) is 5.10 Å². The van der Waals surface area contributed by atoms with E-state index in [-0.39, 0.29) is 0 Å². The third kappa shape index (κ3) is 3.17. The van der Waals surface area contributed by atoms with Crippen molar-refractivity contribution in [2.45, 2.75) is 26.8 Å². The van der Waals surface area contributed by atoms with Crippen molar-refractivity contribution in [1.82, 2.24) is 20.1 Å². The number of aromatic nitrogens is 3. The van der Waals surface area contributed by atoms with E-state index in [0.29, 0.717) is 0 Å². The van der Waals surface area contributed by atoms with Crippen molar-refractivity contribution in [3.05, 3.63) is 40.3 Å². The minimum atomic E-state index is 0.863. The highest BCUT2D eigenvalue weighted by Gasteiger charge is 2.05. The van der Waals surface area contributed by atoms with E-state index in [4.69, 9.17) is 0 Å². The van der Waals surface area contributed by atoms with E-state index in [0.717, 1.165) is 35.5 Å². The molecule has 2 heterocycles. The lowest BCUT2D eigenvalue weighted by Crippen LogP contribution is -2.13. The molecule has 0 amide bonds. The van der Waals surface area contributed by atoms with Crippen LogP contribution in [0.3, 0.4) is 0 Å². The van der Waals surface area contributed by atoms with Crippen molar-refractivity contribution in [3.63, 3.8) is 0 Å². The number of nitrogens with one attached hydrogen (secondary N) is 1. The van der Waals surface area contributed by atoms with Gasteiger partial charge >= 0.3 is 0 Å². The number of rotatable bonds is 5. The Bertz CT molecular complexity index is 521. The standard InChI is InChI=1S/C13H17BrN4/c1-3-12-5-10(7-15-4-2)6-13(17-12)18-9-11(14)8-16-18/h5-6,8-9,15H,3-4,7H2,1-2H3. The molecule has 2 aromatic heterocycles. The molecule has 0 spiro atoms. The molecule has 0 saturated heterocycles. The zero-order chi connectivity index (χ0) is 13.0. The van der Waals surface area contributed by atoms with Gasteiger partial charge in [0.1, 0.15) is 0 Å². The van der Waals surface area contributed by atoms with Gasteiger partial charge in [-0.15, -0.1) is 0 Å². The Kier molecular flexibility index (Phi) is 4.49. The summed E-state index contributed by atoms with van der Waals surface area (Å²) in [4.78, 5) is 4.60. The van der Waals surface area contributed by atoms with Crippen LogP contribution in [0.1, 0.15) is 25.1 Å². The monoisotopic (exact) mass is 308 g/mol. The highest BCUT2D eigenvalue weighted by atomic mass is 79.9. The maximum absolute atomic E-state index is 4.60. The number of pyridine rings is 1. The molecule has 5 heteroatoms. The molecule has 2 aromatic rings. The number of aryl methyl sites for hydroxylation is 1. The molecule has 1 N–H and O–H groups in total. The smallest absolute Gasteiger partial charge is 0.153 e. The summed E-state index contributed by atoms with van der Waals surface area (Å²) in [6.45, 7) is 6.05. The van der Waals surface area contributed by atoms with Crippen LogP contribution in [-0.4, -0.2) is 21.3 Å². The number of hydrogen-bond acceptors (Lipinski definition) is 3. The number of hydrogen-bond donors (Lipinski definition) is 1. The lowest BCUT2D eigenvalue weighted by molar-refractivity contribution is 0.720. The second-order valence-corrected chi connectivity index (χ2v) is 4.98. The first-order chi connectivity index (χ1) is 8.72. The molecule has 0 atom stereocenters. The summed E-state index contributed by atoms with van der Waals surface area (Å²) < 4.78 is 2.75. The predicted molar refractivity (Wildman–Crippen MR) is 75.8 cm³/mol.